The van der Waals surface area contributed by atoms with Crippen molar-refractivity contribution in [2.45, 2.75) is 13.3 Å². The minimum Gasteiger partial charge on any atom is -0.461 e. The van der Waals surface area contributed by atoms with Crippen molar-refractivity contribution < 1.29 is 18.7 Å². The SMILES string of the molecule is Cc1cc(N)cc(C(=O)OCCC(=O)N(C)C)c1F. The van der Waals surface area contributed by atoms with Gasteiger partial charge in [-0.1, -0.05) is 0 Å². The van der Waals surface area contributed by atoms with Crippen molar-refractivity contribution in [3.8, 4) is 0 Å². The van der Waals surface area contributed by atoms with Crippen LogP contribution in [0.5, 0.6) is 0 Å². The Hall–Kier alpha value is -2.11. The fourth-order valence-corrected chi connectivity index (χ4v) is 1.48. The first-order valence-electron chi connectivity index (χ1n) is 5.75. The Labute approximate surface area is 111 Å². The second-order valence-electron chi connectivity index (χ2n) is 4.37. The van der Waals surface area contributed by atoms with Crippen LogP contribution in [0.25, 0.3) is 0 Å². The van der Waals surface area contributed by atoms with Gasteiger partial charge >= 0.3 is 5.97 Å². The van der Waals surface area contributed by atoms with Gasteiger partial charge in [0.05, 0.1) is 12.0 Å². The van der Waals surface area contributed by atoms with Gasteiger partial charge in [0.15, 0.2) is 0 Å². The highest BCUT2D eigenvalue weighted by Crippen LogP contribution is 2.18. The number of halogens is 1. The van der Waals surface area contributed by atoms with Crippen LogP contribution in [0.1, 0.15) is 22.3 Å². The van der Waals surface area contributed by atoms with Crippen LogP contribution in [-0.4, -0.2) is 37.5 Å². The smallest absolute Gasteiger partial charge is 0.341 e. The molecule has 0 radical (unpaired) electrons. The third-order valence-electron chi connectivity index (χ3n) is 2.54. The van der Waals surface area contributed by atoms with Crippen molar-refractivity contribution in [2.75, 3.05) is 26.4 Å². The first kappa shape index (κ1) is 14.9. The second kappa shape index (κ2) is 6.17. The van der Waals surface area contributed by atoms with Crippen LogP contribution in [0.2, 0.25) is 0 Å². The molecule has 104 valence electrons. The number of nitrogens with zero attached hydrogens (tertiary/aromatic N) is 1. The zero-order valence-corrected chi connectivity index (χ0v) is 11.2. The van der Waals surface area contributed by atoms with Crippen molar-refractivity contribution in [1.82, 2.24) is 4.90 Å². The van der Waals surface area contributed by atoms with Crippen LogP contribution < -0.4 is 5.73 Å². The second-order valence-corrected chi connectivity index (χ2v) is 4.37. The maximum absolute atomic E-state index is 13.7. The lowest BCUT2D eigenvalue weighted by Crippen LogP contribution is -2.23. The monoisotopic (exact) mass is 268 g/mol. The van der Waals surface area contributed by atoms with Gasteiger partial charge in [0.25, 0.3) is 0 Å². The van der Waals surface area contributed by atoms with Crippen LogP contribution in [0.3, 0.4) is 0 Å². The number of esters is 1. The summed E-state index contributed by atoms with van der Waals surface area (Å²) in [5, 5.41) is 0. The summed E-state index contributed by atoms with van der Waals surface area (Å²) in [6, 6.07) is 2.65. The van der Waals surface area contributed by atoms with E-state index in [9.17, 15) is 14.0 Å². The Bertz CT molecular complexity index is 501. The van der Waals surface area contributed by atoms with Crippen molar-refractivity contribution >= 4 is 17.6 Å². The van der Waals surface area contributed by atoms with Crippen molar-refractivity contribution in [3.63, 3.8) is 0 Å². The summed E-state index contributed by atoms with van der Waals surface area (Å²) in [4.78, 5) is 24.3. The number of ether oxygens (including phenoxy) is 1. The Balaban J connectivity index is 2.67. The van der Waals surface area contributed by atoms with Crippen molar-refractivity contribution in [3.05, 3.63) is 29.1 Å². The van der Waals surface area contributed by atoms with Crippen molar-refractivity contribution in [2.24, 2.45) is 0 Å². The maximum Gasteiger partial charge on any atom is 0.341 e. The number of rotatable bonds is 4. The van der Waals surface area contributed by atoms with Gasteiger partial charge in [0, 0.05) is 19.8 Å². The lowest BCUT2D eigenvalue weighted by molar-refractivity contribution is -0.129. The molecular formula is C13H17FN2O3. The molecule has 0 aliphatic rings. The van der Waals surface area contributed by atoms with E-state index >= 15 is 0 Å². The molecule has 19 heavy (non-hydrogen) atoms. The first-order valence-corrected chi connectivity index (χ1v) is 5.75. The zero-order chi connectivity index (χ0) is 14.6. The molecule has 0 unspecified atom stereocenters. The number of nitrogen functional groups attached to an aromatic ring is 1. The summed E-state index contributed by atoms with van der Waals surface area (Å²) in [6.45, 7) is 1.42. The molecule has 0 fully saturated rings. The maximum atomic E-state index is 13.7. The zero-order valence-electron chi connectivity index (χ0n) is 11.2. The largest absolute Gasteiger partial charge is 0.461 e. The number of carbonyl (C=O) groups is 2. The van der Waals surface area contributed by atoms with E-state index in [2.05, 4.69) is 0 Å². The van der Waals surface area contributed by atoms with E-state index in [1.165, 1.54) is 24.0 Å². The molecule has 1 amide bonds. The van der Waals surface area contributed by atoms with Gasteiger partial charge in [0.1, 0.15) is 12.4 Å². The lowest BCUT2D eigenvalue weighted by Gasteiger charge is -2.11. The molecule has 0 heterocycles. The molecule has 0 spiro atoms. The topological polar surface area (TPSA) is 72.6 Å². The number of hydrogen-bond acceptors (Lipinski definition) is 4. The molecule has 2 N–H and O–H groups in total. The van der Waals surface area contributed by atoms with Crippen LogP contribution in [0.4, 0.5) is 10.1 Å². The van der Waals surface area contributed by atoms with E-state index in [0.29, 0.717) is 0 Å². The lowest BCUT2D eigenvalue weighted by atomic mass is 10.1. The summed E-state index contributed by atoms with van der Waals surface area (Å²) < 4.78 is 18.6. The van der Waals surface area contributed by atoms with E-state index in [0.717, 1.165) is 0 Å². The third-order valence-corrected chi connectivity index (χ3v) is 2.54. The van der Waals surface area contributed by atoms with E-state index in [1.54, 1.807) is 14.1 Å². The minimum absolute atomic E-state index is 0.0572. The van der Waals surface area contributed by atoms with Gasteiger partial charge in [-0.05, 0) is 24.6 Å². The first-order chi connectivity index (χ1) is 8.82. The highest BCUT2D eigenvalue weighted by Gasteiger charge is 2.16. The molecule has 0 saturated heterocycles. The predicted molar refractivity (Wildman–Crippen MR) is 69.1 cm³/mol. The van der Waals surface area contributed by atoms with Gasteiger partial charge in [-0.25, -0.2) is 9.18 Å². The summed E-state index contributed by atoms with van der Waals surface area (Å²) in [5.74, 6) is -1.64. The van der Waals surface area contributed by atoms with Crippen LogP contribution in [0.15, 0.2) is 12.1 Å². The highest BCUT2D eigenvalue weighted by molar-refractivity contribution is 5.91. The molecule has 1 rings (SSSR count). The molecule has 0 atom stereocenters. The molecule has 0 aromatic heterocycles. The molecule has 5 nitrogen and oxygen atoms in total. The third kappa shape index (κ3) is 3.94. The average Bonchev–Trinajstić information content (AvgIpc) is 2.33. The predicted octanol–water partition coefficient (Wildman–Crippen LogP) is 1.35. The molecule has 0 saturated carbocycles. The van der Waals surface area contributed by atoms with Gasteiger partial charge in [0.2, 0.25) is 5.91 Å². The van der Waals surface area contributed by atoms with E-state index in [4.69, 9.17) is 10.5 Å². The summed E-state index contributed by atoms with van der Waals surface area (Å²) in [7, 11) is 3.20. The Morgan fingerprint density at radius 3 is 2.58 bits per heavy atom. The summed E-state index contributed by atoms with van der Waals surface area (Å²) in [5.41, 5.74) is 5.90. The number of hydrogen-bond donors (Lipinski definition) is 1. The van der Waals surface area contributed by atoms with Crippen molar-refractivity contribution in [1.29, 1.82) is 0 Å². The number of aryl methyl sites for hydroxylation is 1. The highest BCUT2D eigenvalue weighted by atomic mass is 19.1. The molecular weight excluding hydrogens is 251 g/mol. The normalized spacial score (nSPS) is 10.1. The average molecular weight is 268 g/mol. The fraction of sp³-hybridized carbons (Fsp3) is 0.385. The number of nitrogens with two attached hydrogens (primary N) is 1. The Kier molecular flexibility index (Phi) is 4.86. The molecule has 1 aromatic carbocycles. The quantitative estimate of drug-likeness (QED) is 0.661. The molecule has 0 bridgehead atoms. The summed E-state index contributed by atoms with van der Waals surface area (Å²) in [6.07, 6.45) is 0.0572. The molecule has 0 aliphatic carbocycles. The number of anilines is 1. The number of amides is 1. The van der Waals surface area contributed by atoms with E-state index in [1.807, 2.05) is 0 Å². The van der Waals surface area contributed by atoms with Gasteiger partial charge < -0.3 is 15.4 Å². The van der Waals surface area contributed by atoms with Crippen LogP contribution in [-0.2, 0) is 9.53 Å². The minimum atomic E-state index is -0.820. The van der Waals surface area contributed by atoms with Gasteiger partial charge in [-0.2, -0.15) is 0 Å². The summed E-state index contributed by atoms with van der Waals surface area (Å²) >= 11 is 0. The molecule has 1 aromatic rings. The molecule has 0 aliphatic heterocycles. The van der Waals surface area contributed by atoms with E-state index < -0.39 is 11.8 Å². The van der Waals surface area contributed by atoms with Gasteiger partial charge in [-0.15, -0.1) is 0 Å². The standard InChI is InChI=1S/C13H17FN2O3/c1-8-6-9(15)7-10(12(8)14)13(18)19-5-4-11(17)16(2)3/h6-7H,4-5,15H2,1-3H3. The van der Waals surface area contributed by atoms with Gasteiger partial charge in [-0.3, -0.25) is 4.79 Å². The van der Waals surface area contributed by atoms with Crippen LogP contribution >= 0.6 is 0 Å². The Morgan fingerprint density at radius 1 is 1.37 bits per heavy atom. The fourth-order valence-electron chi connectivity index (χ4n) is 1.48. The van der Waals surface area contributed by atoms with E-state index in [-0.39, 0.29) is 35.7 Å². The Morgan fingerprint density at radius 2 is 2.00 bits per heavy atom. The molecule has 6 heteroatoms. The number of carbonyl (C=O) groups excluding carboxylic acids is 2. The number of benzene rings is 1. The van der Waals surface area contributed by atoms with Crippen LogP contribution in [0, 0.1) is 12.7 Å².